The van der Waals surface area contributed by atoms with Crippen LogP contribution in [0.25, 0.3) is 0 Å². The molecular weight excluding hydrogens is 214 g/mol. The Kier molecular flexibility index (Phi) is 4.03. The summed E-state index contributed by atoms with van der Waals surface area (Å²) in [5, 5.41) is 11.9. The van der Waals surface area contributed by atoms with Gasteiger partial charge in [-0.2, -0.15) is 5.26 Å². The number of rotatable bonds is 1. The molecule has 92 valence electrons. The predicted octanol–water partition coefficient (Wildman–Crippen LogP) is 2.53. The second-order valence-electron chi connectivity index (χ2n) is 4.75. The van der Waals surface area contributed by atoms with E-state index >= 15 is 0 Å². The van der Waals surface area contributed by atoms with Gasteiger partial charge in [0.1, 0.15) is 0 Å². The monoisotopic (exact) mass is 233 g/mol. The molecule has 17 heavy (non-hydrogen) atoms. The van der Waals surface area contributed by atoms with Crippen LogP contribution >= 0.6 is 0 Å². The minimum Gasteiger partial charge on any atom is -0.325 e. The Labute approximate surface area is 102 Å². The average Bonchev–Trinajstić information content (AvgIpc) is 2.40. The molecule has 0 saturated carbocycles. The Morgan fingerprint density at radius 2 is 1.82 bits per heavy atom. The van der Waals surface area contributed by atoms with Crippen molar-refractivity contribution in [1.82, 2.24) is 10.2 Å². The van der Waals surface area contributed by atoms with Crippen LogP contribution in [-0.2, 0) is 0 Å². The molecule has 1 saturated heterocycles. The lowest BCUT2D eigenvalue weighted by Crippen LogP contribution is -2.42. The summed E-state index contributed by atoms with van der Waals surface area (Å²) in [6.45, 7) is 1.70. The minimum atomic E-state index is -0.0191. The van der Waals surface area contributed by atoms with Crippen molar-refractivity contribution in [2.45, 2.75) is 44.9 Å². The molecule has 2 rings (SSSR count). The Morgan fingerprint density at radius 1 is 1.12 bits per heavy atom. The molecule has 0 spiro atoms. The number of hydrogen-bond acceptors (Lipinski definition) is 2. The minimum absolute atomic E-state index is 0.0191. The van der Waals surface area contributed by atoms with Crippen LogP contribution in [-0.4, -0.2) is 24.0 Å². The number of carbonyl (C=O) groups excluding carboxylic acids is 1. The molecule has 1 aliphatic heterocycles. The van der Waals surface area contributed by atoms with Crippen molar-refractivity contribution in [1.29, 1.82) is 5.26 Å². The van der Waals surface area contributed by atoms with Crippen LogP contribution in [0.4, 0.5) is 4.79 Å². The number of carbonyl (C=O) groups is 1. The molecule has 1 aliphatic carbocycles. The van der Waals surface area contributed by atoms with E-state index in [0.717, 1.165) is 62.9 Å². The molecule has 2 amide bonds. The van der Waals surface area contributed by atoms with Crippen molar-refractivity contribution in [3.63, 3.8) is 0 Å². The number of hydrogen-bond donors (Lipinski definition) is 1. The summed E-state index contributed by atoms with van der Waals surface area (Å²) in [4.78, 5) is 13.9. The van der Waals surface area contributed by atoms with E-state index in [-0.39, 0.29) is 6.03 Å². The third kappa shape index (κ3) is 3.00. The van der Waals surface area contributed by atoms with Gasteiger partial charge in [-0.25, -0.2) is 4.79 Å². The Bertz CT molecular complexity index is 361. The number of nitriles is 1. The van der Waals surface area contributed by atoms with Crippen LogP contribution in [0.3, 0.4) is 0 Å². The largest absolute Gasteiger partial charge is 0.325 e. The van der Waals surface area contributed by atoms with E-state index in [0.29, 0.717) is 0 Å². The Hall–Kier alpha value is -1.50. The average molecular weight is 233 g/mol. The molecule has 4 nitrogen and oxygen atoms in total. The fourth-order valence-electron chi connectivity index (χ4n) is 2.47. The van der Waals surface area contributed by atoms with Crippen LogP contribution in [0, 0.1) is 11.3 Å². The molecule has 1 N–H and O–H groups in total. The van der Waals surface area contributed by atoms with Crippen LogP contribution in [0.5, 0.6) is 0 Å². The maximum absolute atomic E-state index is 12.0. The lowest BCUT2D eigenvalue weighted by molar-refractivity contribution is 0.188. The summed E-state index contributed by atoms with van der Waals surface area (Å²) in [7, 11) is 0. The van der Waals surface area contributed by atoms with Gasteiger partial charge in [-0.05, 0) is 44.9 Å². The molecule has 1 heterocycles. The van der Waals surface area contributed by atoms with Gasteiger partial charge in [0.25, 0.3) is 0 Å². The maximum Gasteiger partial charge on any atom is 0.321 e. The lowest BCUT2D eigenvalue weighted by Gasteiger charge is -2.28. The van der Waals surface area contributed by atoms with E-state index in [4.69, 9.17) is 5.26 Å². The van der Waals surface area contributed by atoms with Gasteiger partial charge in [0, 0.05) is 24.4 Å². The van der Waals surface area contributed by atoms with Gasteiger partial charge in [0.05, 0.1) is 6.07 Å². The molecule has 1 fully saturated rings. The molecule has 0 aromatic rings. The van der Waals surface area contributed by atoms with E-state index in [1.807, 2.05) is 4.90 Å². The van der Waals surface area contributed by atoms with Gasteiger partial charge in [-0.1, -0.05) is 0 Å². The van der Waals surface area contributed by atoms with E-state index in [1.165, 1.54) is 6.42 Å². The first-order chi connectivity index (χ1) is 8.31. The Morgan fingerprint density at radius 3 is 2.53 bits per heavy atom. The van der Waals surface area contributed by atoms with Gasteiger partial charge in [-0.3, -0.25) is 0 Å². The van der Waals surface area contributed by atoms with Crippen molar-refractivity contribution >= 4 is 6.03 Å². The highest BCUT2D eigenvalue weighted by atomic mass is 16.2. The fraction of sp³-hybridized carbons (Fsp3) is 0.692. The van der Waals surface area contributed by atoms with Crippen molar-refractivity contribution in [3.8, 4) is 6.07 Å². The third-order valence-electron chi connectivity index (χ3n) is 3.50. The zero-order valence-corrected chi connectivity index (χ0v) is 10.2. The summed E-state index contributed by atoms with van der Waals surface area (Å²) >= 11 is 0. The molecule has 2 aliphatic rings. The first-order valence-electron chi connectivity index (χ1n) is 6.49. The van der Waals surface area contributed by atoms with Gasteiger partial charge in [-0.15, -0.1) is 0 Å². The number of likely N-dealkylation sites (tertiary alicyclic amines) is 1. The van der Waals surface area contributed by atoms with Gasteiger partial charge < -0.3 is 10.2 Å². The summed E-state index contributed by atoms with van der Waals surface area (Å²) in [6, 6.07) is 2.19. The van der Waals surface area contributed by atoms with Crippen LogP contribution < -0.4 is 5.32 Å². The summed E-state index contributed by atoms with van der Waals surface area (Å²) in [6.07, 6.45) is 7.19. The van der Waals surface area contributed by atoms with Crippen molar-refractivity contribution in [2.24, 2.45) is 0 Å². The first-order valence-corrected chi connectivity index (χ1v) is 6.49. The smallest absolute Gasteiger partial charge is 0.321 e. The highest BCUT2D eigenvalue weighted by Crippen LogP contribution is 2.22. The molecule has 0 unspecified atom stereocenters. The lowest BCUT2D eigenvalue weighted by atomic mass is 9.97. The topological polar surface area (TPSA) is 56.1 Å². The van der Waals surface area contributed by atoms with Crippen molar-refractivity contribution in [3.05, 3.63) is 11.3 Å². The number of urea groups is 1. The van der Waals surface area contributed by atoms with Crippen molar-refractivity contribution < 1.29 is 4.79 Å². The molecule has 0 radical (unpaired) electrons. The second-order valence-corrected chi connectivity index (χ2v) is 4.75. The molecular formula is C13H19N3O. The normalized spacial score (nSPS) is 21.0. The molecule has 4 heteroatoms. The van der Waals surface area contributed by atoms with Gasteiger partial charge in [0.2, 0.25) is 0 Å². The maximum atomic E-state index is 12.0. The van der Waals surface area contributed by atoms with Crippen LogP contribution in [0.15, 0.2) is 11.3 Å². The van der Waals surface area contributed by atoms with E-state index in [2.05, 4.69) is 11.4 Å². The van der Waals surface area contributed by atoms with Crippen LogP contribution in [0.1, 0.15) is 44.9 Å². The number of allylic oxidation sites excluding steroid dienone is 2. The highest BCUT2D eigenvalue weighted by molar-refractivity contribution is 5.76. The third-order valence-corrected chi connectivity index (χ3v) is 3.50. The Balaban J connectivity index is 1.97. The summed E-state index contributed by atoms with van der Waals surface area (Å²) < 4.78 is 0. The predicted molar refractivity (Wildman–Crippen MR) is 65.1 cm³/mol. The molecule has 0 aromatic carbocycles. The van der Waals surface area contributed by atoms with E-state index in [9.17, 15) is 4.79 Å². The molecule has 0 atom stereocenters. The number of piperidine rings is 1. The zero-order valence-electron chi connectivity index (χ0n) is 10.2. The number of nitrogens with one attached hydrogen (secondary N) is 1. The van der Waals surface area contributed by atoms with E-state index < -0.39 is 0 Å². The SMILES string of the molecule is N#CC1=C(NC(=O)N2CCCCC2)CCCC1. The quantitative estimate of drug-likeness (QED) is 0.756. The van der Waals surface area contributed by atoms with Gasteiger partial charge >= 0.3 is 6.03 Å². The number of nitrogens with zero attached hydrogens (tertiary/aromatic N) is 2. The first kappa shape index (κ1) is 12.0. The van der Waals surface area contributed by atoms with Crippen molar-refractivity contribution in [2.75, 3.05) is 13.1 Å². The standard InChI is InChI=1S/C13H19N3O/c14-10-11-6-2-3-7-12(11)15-13(17)16-8-4-1-5-9-16/h1-9H2,(H,15,17). The van der Waals surface area contributed by atoms with Crippen LogP contribution in [0.2, 0.25) is 0 Å². The fourth-order valence-corrected chi connectivity index (χ4v) is 2.47. The summed E-state index contributed by atoms with van der Waals surface area (Å²) in [5.41, 5.74) is 1.62. The summed E-state index contributed by atoms with van der Waals surface area (Å²) in [5.74, 6) is 0. The van der Waals surface area contributed by atoms with Gasteiger partial charge in [0.15, 0.2) is 0 Å². The highest BCUT2D eigenvalue weighted by Gasteiger charge is 2.20. The number of amides is 2. The van der Waals surface area contributed by atoms with E-state index in [1.54, 1.807) is 0 Å². The zero-order chi connectivity index (χ0) is 12.1. The molecule has 0 bridgehead atoms. The second kappa shape index (κ2) is 5.72. The molecule has 0 aromatic heterocycles.